The molecule has 0 radical (unpaired) electrons. The number of piperidine rings is 1. The zero-order chi connectivity index (χ0) is 20.9. The maximum Gasteiger partial charge on any atom is 0.258 e. The Morgan fingerprint density at radius 3 is 2.90 bits per heavy atom. The Balaban J connectivity index is 1.61. The predicted octanol–water partition coefficient (Wildman–Crippen LogP) is 3.58. The van der Waals surface area contributed by atoms with Crippen molar-refractivity contribution in [2.75, 3.05) is 19.7 Å². The first kappa shape index (κ1) is 19.6. The first-order valence-electron chi connectivity index (χ1n) is 10.0. The minimum atomic E-state index is -0.253. The molecule has 4 rings (SSSR count). The van der Waals surface area contributed by atoms with Crippen LogP contribution in [0.2, 0.25) is 0 Å². The van der Waals surface area contributed by atoms with E-state index in [9.17, 15) is 10.1 Å². The lowest BCUT2D eigenvalue weighted by atomic mass is 10.0. The van der Waals surface area contributed by atoms with Crippen molar-refractivity contribution < 1.29 is 14.3 Å². The molecule has 1 aliphatic rings. The van der Waals surface area contributed by atoms with Crippen LogP contribution in [-0.4, -0.2) is 46.6 Å². The number of ether oxygens (including phenoxy) is 2. The van der Waals surface area contributed by atoms with E-state index < -0.39 is 0 Å². The zero-order valence-corrected chi connectivity index (χ0v) is 16.7. The molecular formula is C23H22N4O3. The molecule has 0 N–H and O–H groups in total. The Morgan fingerprint density at radius 2 is 2.07 bits per heavy atom. The molecule has 1 saturated heterocycles. The summed E-state index contributed by atoms with van der Waals surface area (Å²) < 4.78 is 11.7. The van der Waals surface area contributed by atoms with Crippen LogP contribution in [0.5, 0.6) is 11.6 Å². The summed E-state index contributed by atoms with van der Waals surface area (Å²) in [6.07, 6.45) is 4.27. The van der Waals surface area contributed by atoms with Gasteiger partial charge in [0.1, 0.15) is 17.9 Å². The lowest BCUT2D eigenvalue weighted by Crippen LogP contribution is -2.44. The molecule has 1 unspecified atom stereocenters. The van der Waals surface area contributed by atoms with Crippen molar-refractivity contribution in [2.24, 2.45) is 0 Å². The fraction of sp³-hybridized carbons (Fsp3) is 0.304. The fourth-order valence-corrected chi connectivity index (χ4v) is 3.77. The van der Waals surface area contributed by atoms with Gasteiger partial charge in [-0.1, -0.05) is 30.3 Å². The van der Waals surface area contributed by atoms with E-state index in [0.717, 1.165) is 23.6 Å². The summed E-state index contributed by atoms with van der Waals surface area (Å²) in [4.78, 5) is 23.4. The number of amides is 1. The second-order valence-corrected chi connectivity index (χ2v) is 7.05. The second-order valence-electron chi connectivity index (χ2n) is 7.05. The van der Waals surface area contributed by atoms with E-state index >= 15 is 0 Å². The van der Waals surface area contributed by atoms with Gasteiger partial charge in [-0.3, -0.25) is 4.79 Å². The van der Waals surface area contributed by atoms with Gasteiger partial charge >= 0.3 is 0 Å². The van der Waals surface area contributed by atoms with E-state index in [1.807, 2.05) is 49.4 Å². The number of fused-ring (bicyclic) bond motifs is 1. The Hall–Kier alpha value is -3.66. The van der Waals surface area contributed by atoms with Gasteiger partial charge < -0.3 is 14.4 Å². The topological polar surface area (TPSA) is 88.3 Å². The standard InChI is InChI=1S/C23H22N4O3/c1-2-29-20-10-9-16-6-3-4-8-18(16)21(20)23(28)27-13-5-7-17(15-27)30-22-19(14-24)25-11-12-26-22/h3-4,6,8-12,17H,2,5,7,13,15H2,1H3. The summed E-state index contributed by atoms with van der Waals surface area (Å²) in [5.74, 6) is 0.715. The number of rotatable bonds is 5. The Labute approximate surface area is 174 Å². The van der Waals surface area contributed by atoms with Crippen LogP contribution in [0, 0.1) is 11.3 Å². The van der Waals surface area contributed by atoms with Gasteiger partial charge in [0.15, 0.2) is 0 Å². The summed E-state index contributed by atoms with van der Waals surface area (Å²) in [5, 5.41) is 11.1. The van der Waals surface area contributed by atoms with Gasteiger partial charge in [-0.15, -0.1) is 0 Å². The molecule has 2 aromatic carbocycles. The molecule has 1 atom stereocenters. The molecule has 7 heteroatoms. The molecular weight excluding hydrogens is 380 g/mol. The number of nitriles is 1. The number of benzene rings is 2. The van der Waals surface area contributed by atoms with E-state index in [-0.39, 0.29) is 23.6 Å². The quantitative estimate of drug-likeness (QED) is 0.648. The molecule has 152 valence electrons. The molecule has 1 fully saturated rings. The minimum absolute atomic E-state index is 0.0804. The largest absolute Gasteiger partial charge is 0.493 e. The van der Waals surface area contributed by atoms with Crippen LogP contribution in [-0.2, 0) is 0 Å². The van der Waals surface area contributed by atoms with Crippen molar-refractivity contribution >= 4 is 16.7 Å². The number of carbonyl (C=O) groups is 1. The maximum absolute atomic E-state index is 13.5. The molecule has 2 heterocycles. The lowest BCUT2D eigenvalue weighted by Gasteiger charge is -2.33. The molecule has 7 nitrogen and oxygen atoms in total. The van der Waals surface area contributed by atoms with Crippen LogP contribution in [0.1, 0.15) is 35.8 Å². The lowest BCUT2D eigenvalue weighted by molar-refractivity contribution is 0.0524. The monoisotopic (exact) mass is 402 g/mol. The SMILES string of the molecule is CCOc1ccc2ccccc2c1C(=O)N1CCCC(Oc2nccnc2C#N)C1. The van der Waals surface area contributed by atoms with Crippen molar-refractivity contribution in [1.29, 1.82) is 5.26 Å². The highest BCUT2D eigenvalue weighted by atomic mass is 16.5. The van der Waals surface area contributed by atoms with E-state index in [1.54, 1.807) is 4.90 Å². The van der Waals surface area contributed by atoms with E-state index in [2.05, 4.69) is 9.97 Å². The van der Waals surface area contributed by atoms with Crippen LogP contribution in [0.3, 0.4) is 0 Å². The first-order valence-corrected chi connectivity index (χ1v) is 10.0. The minimum Gasteiger partial charge on any atom is -0.493 e. The van der Waals surface area contributed by atoms with Crippen molar-refractivity contribution in [3.05, 3.63) is 60.0 Å². The second kappa shape index (κ2) is 8.78. The third kappa shape index (κ3) is 3.90. The van der Waals surface area contributed by atoms with Crippen molar-refractivity contribution in [3.8, 4) is 17.7 Å². The summed E-state index contributed by atoms with van der Waals surface area (Å²) in [6.45, 7) is 3.43. The molecule has 0 bridgehead atoms. The van der Waals surface area contributed by atoms with E-state index in [0.29, 0.717) is 31.0 Å². The maximum atomic E-state index is 13.5. The summed E-state index contributed by atoms with van der Waals surface area (Å²) >= 11 is 0. The molecule has 0 aliphatic carbocycles. The van der Waals surface area contributed by atoms with Gasteiger partial charge in [-0.05, 0) is 36.6 Å². The van der Waals surface area contributed by atoms with Gasteiger partial charge in [0.25, 0.3) is 11.8 Å². The number of carbonyl (C=O) groups excluding carboxylic acids is 1. The average Bonchev–Trinajstić information content (AvgIpc) is 2.79. The van der Waals surface area contributed by atoms with E-state index in [4.69, 9.17) is 9.47 Å². The highest BCUT2D eigenvalue weighted by Gasteiger charge is 2.29. The number of hydrogen-bond acceptors (Lipinski definition) is 6. The molecule has 0 spiro atoms. The summed E-state index contributed by atoms with van der Waals surface area (Å²) in [7, 11) is 0. The average molecular weight is 402 g/mol. The normalized spacial score (nSPS) is 16.1. The van der Waals surface area contributed by atoms with Crippen LogP contribution >= 0.6 is 0 Å². The smallest absolute Gasteiger partial charge is 0.258 e. The van der Waals surface area contributed by atoms with Gasteiger partial charge in [0.05, 0.1) is 18.7 Å². The molecule has 0 saturated carbocycles. The number of aromatic nitrogens is 2. The van der Waals surface area contributed by atoms with Gasteiger partial charge in [-0.25, -0.2) is 9.97 Å². The van der Waals surface area contributed by atoms with Crippen LogP contribution in [0.25, 0.3) is 10.8 Å². The molecule has 3 aromatic rings. The third-order valence-corrected chi connectivity index (χ3v) is 5.12. The third-order valence-electron chi connectivity index (χ3n) is 5.12. The number of nitrogens with zero attached hydrogens (tertiary/aromatic N) is 4. The highest BCUT2D eigenvalue weighted by Crippen LogP contribution is 2.30. The zero-order valence-electron chi connectivity index (χ0n) is 16.7. The highest BCUT2D eigenvalue weighted by molar-refractivity contribution is 6.09. The van der Waals surface area contributed by atoms with Crippen LogP contribution in [0.4, 0.5) is 0 Å². The van der Waals surface area contributed by atoms with Gasteiger partial charge in [-0.2, -0.15) is 5.26 Å². The van der Waals surface area contributed by atoms with E-state index in [1.165, 1.54) is 12.4 Å². The fourth-order valence-electron chi connectivity index (χ4n) is 3.77. The summed E-state index contributed by atoms with van der Waals surface area (Å²) in [5.41, 5.74) is 0.724. The van der Waals surface area contributed by atoms with Crippen LogP contribution < -0.4 is 9.47 Å². The summed E-state index contributed by atoms with van der Waals surface area (Å²) in [6, 6.07) is 13.6. The molecule has 1 aromatic heterocycles. The van der Waals surface area contributed by atoms with Crippen LogP contribution in [0.15, 0.2) is 48.8 Å². The number of likely N-dealkylation sites (tertiary alicyclic amines) is 1. The first-order chi connectivity index (χ1) is 14.7. The molecule has 30 heavy (non-hydrogen) atoms. The van der Waals surface area contributed by atoms with Crippen molar-refractivity contribution in [2.45, 2.75) is 25.9 Å². The predicted molar refractivity (Wildman–Crippen MR) is 111 cm³/mol. The Bertz CT molecular complexity index is 1110. The molecule has 1 aliphatic heterocycles. The van der Waals surface area contributed by atoms with Crippen molar-refractivity contribution in [1.82, 2.24) is 14.9 Å². The van der Waals surface area contributed by atoms with Crippen molar-refractivity contribution in [3.63, 3.8) is 0 Å². The Morgan fingerprint density at radius 1 is 1.23 bits per heavy atom. The Kier molecular flexibility index (Phi) is 5.75. The molecule has 1 amide bonds. The van der Waals surface area contributed by atoms with Gasteiger partial charge in [0.2, 0.25) is 5.69 Å². The number of hydrogen-bond donors (Lipinski definition) is 0. The van der Waals surface area contributed by atoms with Gasteiger partial charge in [0, 0.05) is 18.9 Å².